The molecule has 2 heterocycles. The Bertz CT molecular complexity index is 591. The first kappa shape index (κ1) is 12.9. The lowest BCUT2D eigenvalue weighted by Crippen LogP contribution is -2.24. The third-order valence-electron chi connectivity index (χ3n) is 3.57. The molecule has 0 radical (unpaired) electrons. The summed E-state index contributed by atoms with van der Waals surface area (Å²) in [4.78, 5) is 4.54. The molecule has 0 bridgehead atoms. The normalized spacial score (nSPS) is 17.6. The van der Waals surface area contributed by atoms with Gasteiger partial charge in [-0.05, 0) is 37.1 Å². The second-order valence-corrected chi connectivity index (χ2v) is 5.09. The van der Waals surface area contributed by atoms with Gasteiger partial charge >= 0.3 is 0 Å². The molecule has 1 aliphatic heterocycles. The minimum atomic E-state index is 0.203. The maximum Gasteiger partial charge on any atom is 0.221 e. The lowest BCUT2D eigenvalue weighted by molar-refractivity contribution is 0.477. The highest BCUT2D eigenvalue weighted by Crippen LogP contribution is 2.29. The van der Waals surface area contributed by atoms with Crippen molar-refractivity contribution in [1.29, 1.82) is 0 Å². The molecule has 1 aromatic heterocycles. The summed E-state index contributed by atoms with van der Waals surface area (Å²) in [7, 11) is 0. The molecule has 0 spiro atoms. The molecule has 0 amide bonds. The first-order chi connectivity index (χ1) is 9.78. The van der Waals surface area contributed by atoms with E-state index in [1.54, 1.807) is 0 Å². The molecule has 0 fully saturated rings. The van der Waals surface area contributed by atoms with Crippen LogP contribution < -0.4 is 16.8 Å². The Balaban J connectivity index is 1.91. The van der Waals surface area contributed by atoms with Crippen molar-refractivity contribution < 1.29 is 0 Å². The van der Waals surface area contributed by atoms with Crippen LogP contribution in [-0.4, -0.2) is 27.9 Å². The van der Waals surface area contributed by atoms with E-state index in [0.717, 1.165) is 43.3 Å². The van der Waals surface area contributed by atoms with Crippen LogP contribution in [-0.2, 0) is 6.42 Å². The Kier molecular flexibility index (Phi) is 3.56. The van der Waals surface area contributed by atoms with Gasteiger partial charge in [0, 0.05) is 18.7 Å². The van der Waals surface area contributed by atoms with Crippen LogP contribution in [0.3, 0.4) is 0 Å². The summed E-state index contributed by atoms with van der Waals surface area (Å²) in [6, 6.07) is 8.20. The Morgan fingerprint density at radius 1 is 1.40 bits per heavy atom. The topological polar surface area (TPSA) is 94.8 Å². The number of hydrogen-bond acceptors (Lipinski definition) is 5. The van der Waals surface area contributed by atoms with Crippen molar-refractivity contribution >= 4 is 11.6 Å². The number of aromatic nitrogens is 3. The average Bonchev–Trinajstić information content (AvgIpc) is 2.87. The smallest absolute Gasteiger partial charge is 0.221 e. The van der Waals surface area contributed by atoms with Crippen molar-refractivity contribution in [2.24, 2.45) is 5.73 Å². The molecule has 1 atom stereocenters. The van der Waals surface area contributed by atoms with Gasteiger partial charge in [-0.15, -0.1) is 0 Å². The Morgan fingerprint density at radius 3 is 3.10 bits per heavy atom. The zero-order valence-electron chi connectivity index (χ0n) is 11.4. The van der Waals surface area contributed by atoms with Crippen molar-refractivity contribution in [1.82, 2.24) is 14.8 Å². The number of aryl methyl sites for hydroxylation is 1. The summed E-state index contributed by atoms with van der Waals surface area (Å²) in [6.45, 7) is 1.56. The lowest BCUT2D eigenvalue weighted by atomic mass is 10.0. The molecule has 6 nitrogen and oxygen atoms in total. The standard InChI is InChI=1S/C14H20N6/c15-7-2-5-13-18-14-17-8-6-12(20(14)19-13)10-3-1-4-11(16)9-10/h1,3-4,9,12H,2,5-8,15-16H2,(H,17,18,19). The van der Waals surface area contributed by atoms with Crippen molar-refractivity contribution in [3.63, 3.8) is 0 Å². The summed E-state index contributed by atoms with van der Waals surface area (Å²) in [6.07, 6.45) is 2.71. The molecule has 0 aliphatic carbocycles. The minimum absolute atomic E-state index is 0.203. The van der Waals surface area contributed by atoms with Gasteiger partial charge in [0.05, 0.1) is 6.04 Å². The van der Waals surface area contributed by atoms with Crippen LogP contribution >= 0.6 is 0 Å². The fourth-order valence-electron chi connectivity index (χ4n) is 2.59. The van der Waals surface area contributed by atoms with Gasteiger partial charge in [-0.1, -0.05) is 12.1 Å². The van der Waals surface area contributed by atoms with Crippen LogP contribution in [0.2, 0.25) is 0 Å². The van der Waals surface area contributed by atoms with Crippen LogP contribution in [0.15, 0.2) is 24.3 Å². The summed E-state index contributed by atoms with van der Waals surface area (Å²) in [5.74, 6) is 1.70. The van der Waals surface area contributed by atoms with Crippen LogP contribution in [0.25, 0.3) is 0 Å². The first-order valence-electron chi connectivity index (χ1n) is 7.02. The summed E-state index contributed by atoms with van der Waals surface area (Å²) < 4.78 is 1.98. The highest BCUT2D eigenvalue weighted by molar-refractivity contribution is 5.43. The Morgan fingerprint density at radius 2 is 2.30 bits per heavy atom. The maximum absolute atomic E-state index is 5.88. The number of anilines is 2. The molecule has 3 rings (SSSR count). The number of benzene rings is 1. The predicted octanol–water partition coefficient (Wildman–Crippen LogP) is 1.16. The molecule has 1 aromatic carbocycles. The fraction of sp³-hybridized carbons (Fsp3) is 0.429. The molecular weight excluding hydrogens is 252 g/mol. The minimum Gasteiger partial charge on any atom is -0.399 e. The van der Waals surface area contributed by atoms with Gasteiger partial charge in [-0.3, -0.25) is 0 Å². The van der Waals surface area contributed by atoms with Crippen LogP contribution in [0.4, 0.5) is 11.6 Å². The second kappa shape index (κ2) is 5.50. The molecule has 0 saturated carbocycles. The van der Waals surface area contributed by atoms with Crippen molar-refractivity contribution in [2.75, 3.05) is 24.1 Å². The molecule has 1 aliphatic rings. The number of rotatable bonds is 4. The quantitative estimate of drug-likeness (QED) is 0.726. The van der Waals surface area contributed by atoms with Gasteiger partial charge in [0.15, 0.2) is 5.82 Å². The Hall–Kier alpha value is -2.08. The van der Waals surface area contributed by atoms with E-state index in [1.807, 2.05) is 22.9 Å². The van der Waals surface area contributed by atoms with E-state index >= 15 is 0 Å². The van der Waals surface area contributed by atoms with Crippen molar-refractivity contribution in [3.8, 4) is 0 Å². The number of nitrogens with one attached hydrogen (secondary N) is 1. The Labute approximate surface area is 118 Å². The second-order valence-electron chi connectivity index (χ2n) is 5.09. The molecule has 6 heteroatoms. The van der Waals surface area contributed by atoms with Crippen molar-refractivity contribution in [2.45, 2.75) is 25.3 Å². The number of nitrogens with zero attached hydrogens (tertiary/aromatic N) is 3. The SMILES string of the molecule is NCCCc1nc2n(n1)C(c1cccc(N)c1)CCN2. The number of hydrogen-bond donors (Lipinski definition) is 3. The van der Waals surface area contributed by atoms with Crippen LogP contribution in [0, 0.1) is 0 Å². The lowest BCUT2D eigenvalue weighted by Gasteiger charge is -2.24. The van der Waals surface area contributed by atoms with Gasteiger partial charge in [0.2, 0.25) is 5.95 Å². The largest absolute Gasteiger partial charge is 0.399 e. The van der Waals surface area contributed by atoms with E-state index in [2.05, 4.69) is 21.5 Å². The third kappa shape index (κ3) is 2.46. The van der Waals surface area contributed by atoms with Crippen molar-refractivity contribution in [3.05, 3.63) is 35.7 Å². The molecule has 1 unspecified atom stereocenters. The van der Waals surface area contributed by atoms with E-state index < -0.39 is 0 Å². The maximum atomic E-state index is 5.88. The monoisotopic (exact) mass is 272 g/mol. The fourth-order valence-corrected chi connectivity index (χ4v) is 2.59. The number of nitrogens with two attached hydrogens (primary N) is 2. The molecule has 20 heavy (non-hydrogen) atoms. The van der Waals surface area contributed by atoms with E-state index in [-0.39, 0.29) is 6.04 Å². The van der Waals surface area contributed by atoms with E-state index in [1.165, 1.54) is 5.56 Å². The highest BCUT2D eigenvalue weighted by Gasteiger charge is 2.24. The number of nitrogen functional groups attached to an aromatic ring is 1. The van der Waals surface area contributed by atoms with Gasteiger partial charge in [-0.25, -0.2) is 4.68 Å². The average molecular weight is 272 g/mol. The van der Waals surface area contributed by atoms with E-state index in [9.17, 15) is 0 Å². The zero-order valence-corrected chi connectivity index (χ0v) is 11.4. The highest BCUT2D eigenvalue weighted by atomic mass is 15.4. The van der Waals surface area contributed by atoms with Gasteiger partial charge in [0.1, 0.15) is 0 Å². The predicted molar refractivity (Wildman–Crippen MR) is 79.5 cm³/mol. The molecule has 106 valence electrons. The molecular formula is C14H20N6. The summed E-state index contributed by atoms with van der Waals surface area (Å²) >= 11 is 0. The van der Waals surface area contributed by atoms with E-state index in [4.69, 9.17) is 11.5 Å². The molecule has 5 N–H and O–H groups in total. The zero-order chi connectivity index (χ0) is 13.9. The number of fused-ring (bicyclic) bond motifs is 1. The van der Waals surface area contributed by atoms with Gasteiger partial charge in [0.25, 0.3) is 0 Å². The van der Waals surface area contributed by atoms with Gasteiger partial charge < -0.3 is 16.8 Å². The third-order valence-corrected chi connectivity index (χ3v) is 3.57. The molecule has 2 aromatic rings. The molecule has 0 saturated heterocycles. The summed E-state index contributed by atoms with van der Waals surface area (Å²) in [5, 5.41) is 7.92. The van der Waals surface area contributed by atoms with Crippen LogP contribution in [0.5, 0.6) is 0 Å². The first-order valence-corrected chi connectivity index (χ1v) is 7.02. The van der Waals surface area contributed by atoms with Gasteiger partial charge in [-0.2, -0.15) is 10.1 Å². The van der Waals surface area contributed by atoms with E-state index in [0.29, 0.717) is 6.54 Å². The van der Waals surface area contributed by atoms with Crippen LogP contribution in [0.1, 0.15) is 30.3 Å². The summed E-state index contributed by atoms with van der Waals surface area (Å²) in [5.41, 5.74) is 13.4.